The second-order valence-corrected chi connectivity index (χ2v) is 3.54. The van der Waals surface area contributed by atoms with Crippen molar-refractivity contribution in [1.82, 2.24) is 4.98 Å². The lowest BCUT2D eigenvalue weighted by atomic mass is 10.0. The maximum atomic E-state index is 8.82. The van der Waals surface area contributed by atoms with Gasteiger partial charge >= 0.3 is 0 Å². The summed E-state index contributed by atoms with van der Waals surface area (Å²) in [6.45, 7) is 2.38. The van der Waals surface area contributed by atoms with Gasteiger partial charge in [-0.1, -0.05) is 6.92 Å². The fraction of sp³-hybridized carbons (Fsp3) is 0.545. The van der Waals surface area contributed by atoms with E-state index < -0.39 is 0 Å². The summed E-state index contributed by atoms with van der Waals surface area (Å²) in [4.78, 5) is 3.96. The molecule has 1 unspecified atom stereocenters. The van der Waals surface area contributed by atoms with Crippen molar-refractivity contribution in [3.63, 3.8) is 0 Å². The zero-order chi connectivity index (χ0) is 9.52. The molecule has 13 heavy (non-hydrogen) atoms. The van der Waals surface area contributed by atoms with Crippen LogP contribution in [0.15, 0.2) is 24.5 Å². The Morgan fingerprint density at radius 2 is 2.08 bits per heavy atom. The van der Waals surface area contributed by atoms with Crippen molar-refractivity contribution in [3.05, 3.63) is 30.1 Å². The van der Waals surface area contributed by atoms with Crippen molar-refractivity contribution in [3.8, 4) is 0 Å². The summed E-state index contributed by atoms with van der Waals surface area (Å²) in [6, 6.07) is 4.09. The molecule has 72 valence electrons. The van der Waals surface area contributed by atoms with Crippen molar-refractivity contribution in [1.29, 1.82) is 0 Å². The van der Waals surface area contributed by atoms with Gasteiger partial charge in [0.05, 0.1) is 0 Å². The molecule has 0 aliphatic carbocycles. The molecular weight excluding hydrogens is 162 g/mol. The van der Waals surface area contributed by atoms with E-state index in [0.29, 0.717) is 12.5 Å². The zero-order valence-electron chi connectivity index (χ0n) is 8.11. The number of aliphatic hydroxyl groups is 1. The zero-order valence-corrected chi connectivity index (χ0v) is 8.11. The first kappa shape index (κ1) is 10.2. The van der Waals surface area contributed by atoms with E-state index in [4.69, 9.17) is 5.11 Å². The number of rotatable bonds is 5. The lowest BCUT2D eigenvalue weighted by molar-refractivity contribution is 0.228. The van der Waals surface area contributed by atoms with Crippen LogP contribution in [0, 0.1) is 5.92 Å². The van der Waals surface area contributed by atoms with Crippen LogP contribution in [0.5, 0.6) is 0 Å². The van der Waals surface area contributed by atoms with Crippen LogP contribution < -0.4 is 0 Å². The monoisotopic (exact) mass is 179 g/mol. The normalized spacial score (nSPS) is 12.8. The van der Waals surface area contributed by atoms with Gasteiger partial charge in [-0.15, -0.1) is 0 Å². The number of hydrogen-bond acceptors (Lipinski definition) is 2. The molecule has 0 saturated heterocycles. The van der Waals surface area contributed by atoms with Gasteiger partial charge in [0.25, 0.3) is 0 Å². The summed E-state index contributed by atoms with van der Waals surface area (Å²) in [5, 5.41) is 8.82. The van der Waals surface area contributed by atoms with E-state index >= 15 is 0 Å². The molecule has 1 aromatic heterocycles. The Bertz CT molecular complexity index is 223. The topological polar surface area (TPSA) is 33.1 Å². The van der Waals surface area contributed by atoms with Crippen LogP contribution in [0.4, 0.5) is 0 Å². The van der Waals surface area contributed by atoms with Gasteiger partial charge in [0.2, 0.25) is 0 Å². The largest absolute Gasteiger partial charge is 0.396 e. The highest BCUT2D eigenvalue weighted by atomic mass is 16.3. The van der Waals surface area contributed by atoms with Gasteiger partial charge in [-0.3, -0.25) is 4.98 Å². The minimum Gasteiger partial charge on any atom is -0.396 e. The summed E-state index contributed by atoms with van der Waals surface area (Å²) in [5.41, 5.74) is 1.33. The van der Waals surface area contributed by atoms with Crippen molar-refractivity contribution in [2.24, 2.45) is 5.92 Å². The Kier molecular flexibility index (Phi) is 4.47. The molecule has 0 aliphatic heterocycles. The van der Waals surface area contributed by atoms with Crippen molar-refractivity contribution < 1.29 is 5.11 Å². The van der Waals surface area contributed by atoms with Crippen LogP contribution in [-0.4, -0.2) is 16.7 Å². The van der Waals surface area contributed by atoms with Crippen LogP contribution in [0.25, 0.3) is 0 Å². The van der Waals surface area contributed by atoms with E-state index in [-0.39, 0.29) is 0 Å². The standard InChI is InChI=1S/C11H17NO/c1-10(9-13)3-2-4-11-5-7-12-8-6-11/h5-8,10,13H,2-4,9H2,1H3. The van der Waals surface area contributed by atoms with Crippen LogP contribution in [0.2, 0.25) is 0 Å². The first-order valence-electron chi connectivity index (χ1n) is 4.82. The van der Waals surface area contributed by atoms with Crippen LogP contribution in [0.1, 0.15) is 25.3 Å². The highest BCUT2D eigenvalue weighted by Gasteiger charge is 1.99. The first-order chi connectivity index (χ1) is 6.33. The van der Waals surface area contributed by atoms with Gasteiger partial charge < -0.3 is 5.11 Å². The molecule has 1 atom stereocenters. The molecule has 0 radical (unpaired) electrons. The minimum atomic E-state index is 0.302. The highest BCUT2D eigenvalue weighted by molar-refractivity contribution is 5.09. The van der Waals surface area contributed by atoms with E-state index in [1.807, 2.05) is 24.5 Å². The molecule has 0 aromatic carbocycles. The molecule has 1 aromatic rings. The molecule has 2 nitrogen and oxygen atoms in total. The molecule has 0 bridgehead atoms. The summed E-state index contributed by atoms with van der Waals surface area (Å²) in [7, 11) is 0. The number of nitrogens with zero attached hydrogens (tertiary/aromatic N) is 1. The molecular formula is C11H17NO. The lowest BCUT2D eigenvalue weighted by Crippen LogP contribution is -2.00. The Morgan fingerprint density at radius 3 is 2.69 bits per heavy atom. The number of hydrogen-bond donors (Lipinski definition) is 1. The molecule has 0 fully saturated rings. The summed E-state index contributed by atoms with van der Waals surface area (Å²) < 4.78 is 0. The maximum Gasteiger partial charge on any atom is 0.0456 e. The minimum absolute atomic E-state index is 0.302. The molecule has 1 heterocycles. The molecule has 2 heteroatoms. The van der Waals surface area contributed by atoms with Crippen molar-refractivity contribution in [2.75, 3.05) is 6.61 Å². The highest BCUT2D eigenvalue weighted by Crippen LogP contribution is 2.08. The predicted molar refractivity (Wildman–Crippen MR) is 53.4 cm³/mol. The fourth-order valence-corrected chi connectivity index (χ4v) is 1.30. The molecule has 1 rings (SSSR count). The van der Waals surface area contributed by atoms with Crippen LogP contribution in [0.3, 0.4) is 0 Å². The summed E-state index contributed by atoms with van der Waals surface area (Å²) >= 11 is 0. The third kappa shape index (κ3) is 4.04. The first-order valence-corrected chi connectivity index (χ1v) is 4.82. The quantitative estimate of drug-likeness (QED) is 0.750. The maximum absolute atomic E-state index is 8.82. The Morgan fingerprint density at radius 1 is 1.38 bits per heavy atom. The number of aryl methyl sites for hydroxylation is 1. The summed E-state index contributed by atoms with van der Waals surface area (Å²) in [5.74, 6) is 0.432. The Balaban J connectivity index is 2.20. The number of pyridine rings is 1. The van der Waals surface area contributed by atoms with Gasteiger partial charge in [0.1, 0.15) is 0 Å². The van der Waals surface area contributed by atoms with Gasteiger partial charge in [0.15, 0.2) is 0 Å². The average Bonchev–Trinajstić information content (AvgIpc) is 2.19. The fourth-order valence-electron chi connectivity index (χ4n) is 1.30. The lowest BCUT2D eigenvalue weighted by Gasteiger charge is -2.06. The van der Waals surface area contributed by atoms with Crippen molar-refractivity contribution in [2.45, 2.75) is 26.2 Å². The predicted octanol–water partition coefficient (Wildman–Crippen LogP) is 2.03. The van der Waals surface area contributed by atoms with E-state index in [1.54, 1.807) is 0 Å². The summed E-state index contributed by atoms with van der Waals surface area (Å²) in [6.07, 6.45) is 6.98. The van der Waals surface area contributed by atoms with E-state index in [9.17, 15) is 0 Å². The second-order valence-electron chi connectivity index (χ2n) is 3.54. The average molecular weight is 179 g/mol. The van der Waals surface area contributed by atoms with E-state index in [0.717, 1.165) is 19.3 Å². The molecule has 0 spiro atoms. The van der Waals surface area contributed by atoms with Gasteiger partial charge in [0, 0.05) is 19.0 Å². The number of aliphatic hydroxyl groups excluding tert-OH is 1. The Hall–Kier alpha value is -0.890. The molecule has 0 aliphatic rings. The Labute approximate surface area is 79.6 Å². The van der Waals surface area contributed by atoms with Gasteiger partial charge in [-0.05, 0) is 42.9 Å². The van der Waals surface area contributed by atoms with E-state index in [2.05, 4.69) is 11.9 Å². The number of aromatic nitrogens is 1. The SMILES string of the molecule is CC(CO)CCCc1ccncc1. The third-order valence-electron chi connectivity index (χ3n) is 2.22. The third-order valence-corrected chi connectivity index (χ3v) is 2.22. The van der Waals surface area contributed by atoms with E-state index in [1.165, 1.54) is 5.56 Å². The van der Waals surface area contributed by atoms with Gasteiger partial charge in [-0.25, -0.2) is 0 Å². The molecule has 0 amide bonds. The molecule has 1 N–H and O–H groups in total. The van der Waals surface area contributed by atoms with Crippen molar-refractivity contribution >= 4 is 0 Å². The van der Waals surface area contributed by atoms with Crippen LogP contribution in [-0.2, 0) is 6.42 Å². The molecule has 0 saturated carbocycles. The second kappa shape index (κ2) is 5.70. The van der Waals surface area contributed by atoms with Gasteiger partial charge in [-0.2, -0.15) is 0 Å². The van der Waals surface area contributed by atoms with Crippen LogP contribution >= 0.6 is 0 Å². The smallest absolute Gasteiger partial charge is 0.0456 e.